The van der Waals surface area contributed by atoms with Crippen LogP contribution in [0.2, 0.25) is 0 Å². The van der Waals surface area contributed by atoms with Crippen molar-refractivity contribution in [3.05, 3.63) is 54.7 Å². The molecule has 0 radical (unpaired) electrons. The van der Waals surface area contributed by atoms with Gasteiger partial charge in [0.25, 0.3) is 0 Å². The monoisotopic (exact) mass is 347 g/mol. The van der Waals surface area contributed by atoms with E-state index >= 15 is 0 Å². The second-order valence-corrected chi connectivity index (χ2v) is 6.05. The molecule has 2 aromatic heterocycles. The molecular weight excluding hydrogens is 326 g/mol. The first-order valence-electron chi connectivity index (χ1n) is 8.94. The second-order valence-electron chi connectivity index (χ2n) is 6.05. The first-order chi connectivity index (χ1) is 12.8. The summed E-state index contributed by atoms with van der Waals surface area (Å²) in [6.45, 7) is 5.36. The van der Waals surface area contributed by atoms with Gasteiger partial charge in [0.05, 0.1) is 25.1 Å². The third kappa shape index (κ3) is 2.96. The van der Waals surface area contributed by atoms with Crippen molar-refractivity contribution in [3.8, 4) is 22.9 Å². The van der Waals surface area contributed by atoms with Crippen LogP contribution in [0.25, 0.3) is 27.7 Å². The standard InChI is InChI=1S/C21H21N3O2/c1-3-13-26-21-18-8-6-5-7-17(18)20-22-19(14-24(20)23-21)15-9-11-16(12-10-15)25-4-2/h5-12,14H,3-4,13H2,1-2H3. The third-order valence-corrected chi connectivity index (χ3v) is 4.19. The summed E-state index contributed by atoms with van der Waals surface area (Å²) in [5.41, 5.74) is 2.73. The van der Waals surface area contributed by atoms with Crippen LogP contribution < -0.4 is 9.47 Å². The van der Waals surface area contributed by atoms with E-state index in [1.54, 1.807) is 4.52 Å². The van der Waals surface area contributed by atoms with Crippen LogP contribution in [0.1, 0.15) is 20.3 Å². The van der Waals surface area contributed by atoms with Gasteiger partial charge < -0.3 is 9.47 Å². The maximum absolute atomic E-state index is 5.86. The van der Waals surface area contributed by atoms with Gasteiger partial charge in [-0.15, -0.1) is 5.10 Å². The molecule has 2 heterocycles. The van der Waals surface area contributed by atoms with Gasteiger partial charge in [-0.05, 0) is 43.7 Å². The minimum Gasteiger partial charge on any atom is -0.494 e. The van der Waals surface area contributed by atoms with Crippen LogP contribution in [-0.2, 0) is 0 Å². The molecule has 0 aliphatic carbocycles. The molecule has 0 unspecified atom stereocenters. The highest BCUT2D eigenvalue weighted by Gasteiger charge is 2.13. The average molecular weight is 347 g/mol. The van der Waals surface area contributed by atoms with Crippen molar-refractivity contribution < 1.29 is 9.47 Å². The van der Waals surface area contributed by atoms with Crippen LogP contribution >= 0.6 is 0 Å². The Hall–Kier alpha value is -3.08. The number of nitrogens with zero attached hydrogens (tertiary/aromatic N) is 3. The summed E-state index contributed by atoms with van der Waals surface area (Å²) in [6.07, 6.45) is 2.88. The van der Waals surface area contributed by atoms with Crippen molar-refractivity contribution in [3.63, 3.8) is 0 Å². The molecule has 4 rings (SSSR count). The molecule has 2 aromatic carbocycles. The van der Waals surface area contributed by atoms with Crippen LogP contribution in [0.15, 0.2) is 54.7 Å². The number of rotatable bonds is 6. The molecule has 0 fully saturated rings. The van der Waals surface area contributed by atoms with Crippen molar-refractivity contribution in [2.45, 2.75) is 20.3 Å². The van der Waals surface area contributed by atoms with Gasteiger partial charge in [0, 0.05) is 16.3 Å². The van der Waals surface area contributed by atoms with Crippen LogP contribution in [-0.4, -0.2) is 27.8 Å². The lowest BCUT2D eigenvalue weighted by Crippen LogP contribution is -2.02. The second kappa shape index (κ2) is 7.04. The highest BCUT2D eigenvalue weighted by atomic mass is 16.5. The first-order valence-corrected chi connectivity index (χ1v) is 8.94. The van der Waals surface area contributed by atoms with E-state index in [-0.39, 0.29) is 0 Å². The molecule has 0 aliphatic rings. The van der Waals surface area contributed by atoms with Gasteiger partial charge in [-0.2, -0.15) is 0 Å². The third-order valence-electron chi connectivity index (χ3n) is 4.19. The number of imidazole rings is 1. The van der Waals surface area contributed by atoms with Crippen molar-refractivity contribution in [1.29, 1.82) is 0 Å². The van der Waals surface area contributed by atoms with E-state index in [0.717, 1.165) is 39.8 Å². The lowest BCUT2D eigenvalue weighted by Gasteiger charge is -2.08. The molecule has 0 atom stereocenters. The van der Waals surface area contributed by atoms with Gasteiger partial charge in [0.15, 0.2) is 5.65 Å². The minimum absolute atomic E-state index is 0.642. The number of hydrogen-bond donors (Lipinski definition) is 0. The molecule has 0 saturated carbocycles. The summed E-state index contributed by atoms with van der Waals surface area (Å²) < 4.78 is 13.2. The Morgan fingerprint density at radius 2 is 1.69 bits per heavy atom. The van der Waals surface area contributed by atoms with Crippen molar-refractivity contribution in [1.82, 2.24) is 14.6 Å². The van der Waals surface area contributed by atoms with Crippen LogP contribution in [0, 0.1) is 0 Å². The Balaban J connectivity index is 1.82. The minimum atomic E-state index is 0.642. The highest BCUT2D eigenvalue weighted by Crippen LogP contribution is 2.29. The largest absolute Gasteiger partial charge is 0.494 e. The molecule has 0 spiro atoms. The maximum Gasteiger partial charge on any atom is 0.239 e. The summed E-state index contributed by atoms with van der Waals surface area (Å²) in [5.74, 6) is 1.50. The molecular formula is C21H21N3O2. The van der Waals surface area contributed by atoms with Gasteiger partial charge in [0.2, 0.25) is 5.88 Å². The fraction of sp³-hybridized carbons (Fsp3) is 0.238. The summed E-state index contributed by atoms with van der Waals surface area (Å²) in [7, 11) is 0. The summed E-state index contributed by atoms with van der Waals surface area (Å²) in [5, 5.41) is 6.66. The Bertz CT molecular complexity index is 1040. The Morgan fingerprint density at radius 1 is 0.923 bits per heavy atom. The molecule has 132 valence electrons. The molecule has 0 bridgehead atoms. The normalized spacial score (nSPS) is 11.2. The number of hydrogen-bond acceptors (Lipinski definition) is 4. The molecule has 26 heavy (non-hydrogen) atoms. The zero-order valence-corrected chi connectivity index (χ0v) is 15.0. The summed E-state index contributed by atoms with van der Waals surface area (Å²) in [4.78, 5) is 4.81. The van der Waals surface area contributed by atoms with E-state index in [2.05, 4.69) is 18.1 Å². The number of aromatic nitrogens is 3. The zero-order valence-electron chi connectivity index (χ0n) is 15.0. The fourth-order valence-electron chi connectivity index (χ4n) is 2.98. The van der Waals surface area contributed by atoms with Gasteiger partial charge >= 0.3 is 0 Å². The van der Waals surface area contributed by atoms with Gasteiger partial charge in [-0.1, -0.05) is 25.1 Å². The molecule has 5 nitrogen and oxygen atoms in total. The predicted molar refractivity (Wildman–Crippen MR) is 103 cm³/mol. The molecule has 0 saturated heterocycles. The van der Waals surface area contributed by atoms with Crippen molar-refractivity contribution in [2.24, 2.45) is 0 Å². The van der Waals surface area contributed by atoms with Crippen LogP contribution in [0.5, 0.6) is 11.6 Å². The SMILES string of the molecule is CCCOc1nn2cc(-c3ccc(OCC)cc3)nc2c2ccccc12. The Morgan fingerprint density at radius 3 is 2.42 bits per heavy atom. The summed E-state index contributed by atoms with van der Waals surface area (Å²) in [6, 6.07) is 16.0. The molecule has 0 N–H and O–H groups in total. The van der Waals surface area contributed by atoms with Gasteiger partial charge in [-0.3, -0.25) is 0 Å². The van der Waals surface area contributed by atoms with Gasteiger partial charge in [0.1, 0.15) is 5.75 Å². The van der Waals surface area contributed by atoms with Crippen LogP contribution in [0.4, 0.5) is 0 Å². The predicted octanol–water partition coefficient (Wildman–Crippen LogP) is 4.74. The molecule has 0 amide bonds. The molecule has 0 aliphatic heterocycles. The fourth-order valence-corrected chi connectivity index (χ4v) is 2.98. The highest BCUT2D eigenvalue weighted by molar-refractivity contribution is 5.97. The lowest BCUT2D eigenvalue weighted by molar-refractivity contribution is 0.305. The topological polar surface area (TPSA) is 48.7 Å². The molecule has 4 aromatic rings. The average Bonchev–Trinajstić information content (AvgIpc) is 3.11. The van der Waals surface area contributed by atoms with Crippen LogP contribution in [0.3, 0.4) is 0 Å². The Kier molecular flexibility index (Phi) is 4.44. The van der Waals surface area contributed by atoms with E-state index < -0.39 is 0 Å². The van der Waals surface area contributed by atoms with E-state index in [9.17, 15) is 0 Å². The van der Waals surface area contributed by atoms with E-state index in [4.69, 9.17) is 14.5 Å². The maximum atomic E-state index is 5.86. The Labute approximate surface area is 152 Å². The van der Waals surface area contributed by atoms with Gasteiger partial charge in [-0.25, -0.2) is 9.50 Å². The number of fused-ring (bicyclic) bond motifs is 3. The zero-order chi connectivity index (χ0) is 17.9. The first kappa shape index (κ1) is 16.4. The summed E-state index contributed by atoms with van der Waals surface area (Å²) >= 11 is 0. The number of ether oxygens (including phenoxy) is 2. The number of benzene rings is 2. The quantitative estimate of drug-likeness (QED) is 0.505. The van der Waals surface area contributed by atoms with E-state index in [1.807, 2.05) is 55.6 Å². The van der Waals surface area contributed by atoms with Crippen molar-refractivity contribution >= 4 is 16.4 Å². The van der Waals surface area contributed by atoms with E-state index in [0.29, 0.717) is 19.1 Å². The lowest BCUT2D eigenvalue weighted by atomic mass is 10.1. The smallest absolute Gasteiger partial charge is 0.239 e. The van der Waals surface area contributed by atoms with Crippen molar-refractivity contribution in [2.75, 3.05) is 13.2 Å². The molecule has 5 heteroatoms. The van der Waals surface area contributed by atoms with E-state index in [1.165, 1.54) is 0 Å².